The number of benzene rings is 1. The Bertz CT molecular complexity index is 599. The summed E-state index contributed by atoms with van der Waals surface area (Å²) in [6.07, 6.45) is 3.41. The molecular weight excluding hydrogens is 200 g/mol. The molecule has 3 heteroatoms. The molecule has 0 aliphatic carbocycles. The number of hydrogen-bond acceptors (Lipinski definition) is 2. The third-order valence-electron chi connectivity index (χ3n) is 2.82. The van der Waals surface area contributed by atoms with Crippen molar-refractivity contribution in [3.63, 3.8) is 0 Å². The summed E-state index contributed by atoms with van der Waals surface area (Å²) in [5.74, 6) is 0.0356. The predicted molar refractivity (Wildman–Crippen MR) is 63.6 cm³/mol. The Morgan fingerprint density at radius 3 is 3.06 bits per heavy atom. The molecule has 2 heterocycles. The van der Waals surface area contributed by atoms with Gasteiger partial charge in [0, 0.05) is 18.1 Å². The summed E-state index contributed by atoms with van der Waals surface area (Å²) in [5.41, 5.74) is 2.54. The lowest BCUT2D eigenvalue weighted by Gasteiger charge is -2.14. The maximum atomic E-state index is 12.1. The maximum absolute atomic E-state index is 12.1. The lowest BCUT2D eigenvalue weighted by atomic mass is 10.1. The van der Waals surface area contributed by atoms with Gasteiger partial charge in [0.25, 0.3) is 5.91 Å². The highest BCUT2D eigenvalue weighted by Crippen LogP contribution is 2.35. The number of amides is 1. The van der Waals surface area contributed by atoms with E-state index in [9.17, 15) is 4.79 Å². The molecule has 0 saturated heterocycles. The van der Waals surface area contributed by atoms with Gasteiger partial charge in [0.05, 0.1) is 16.8 Å². The molecule has 2 aromatic rings. The largest absolute Gasteiger partial charge is 0.304 e. The minimum absolute atomic E-state index is 0.0356. The molecular formula is C13H10N2O. The molecule has 1 aliphatic heterocycles. The quantitative estimate of drug-likeness (QED) is 0.713. The molecule has 1 aliphatic rings. The molecule has 3 rings (SSSR count). The van der Waals surface area contributed by atoms with E-state index < -0.39 is 0 Å². The molecule has 0 fully saturated rings. The van der Waals surface area contributed by atoms with Crippen LogP contribution in [-0.2, 0) is 0 Å². The number of rotatable bonds is 2. The monoisotopic (exact) mass is 210 g/mol. The number of hydrogen-bond donors (Lipinski definition) is 0. The van der Waals surface area contributed by atoms with E-state index in [2.05, 4.69) is 11.6 Å². The van der Waals surface area contributed by atoms with Crippen molar-refractivity contribution < 1.29 is 4.79 Å². The highest BCUT2D eigenvalue weighted by atomic mass is 16.2. The van der Waals surface area contributed by atoms with Crippen LogP contribution in [0.15, 0.2) is 43.1 Å². The van der Waals surface area contributed by atoms with Gasteiger partial charge in [-0.3, -0.25) is 9.78 Å². The van der Waals surface area contributed by atoms with E-state index in [0.717, 1.165) is 22.2 Å². The van der Waals surface area contributed by atoms with Crippen LogP contribution in [0.5, 0.6) is 0 Å². The Morgan fingerprint density at radius 2 is 2.25 bits per heavy atom. The van der Waals surface area contributed by atoms with Gasteiger partial charge in [-0.25, -0.2) is 0 Å². The van der Waals surface area contributed by atoms with Gasteiger partial charge in [-0.05, 0) is 18.2 Å². The molecule has 0 atom stereocenters. The lowest BCUT2D eigenvalue weighted by Crippen LogP contribution is -2.26. The average molecular weight is 210 g/mol. The lowest BCUT2D eigenvalue weighted by molar-refractivity contribution is 0.0996. The van der Waals surface area contributed by atoms with E-state index >= 15 is 0 Å². The zero-order valence-corrected chi connectivity index (χ0v) is 8.68. The first-order valence-corrected chi connectivity index (χ1v) is 5.13. The van der Waals surface area contributed by atoms with Gasteiger partial charge in [0.2, 0.25) is 0 Å². The minimum atomic E-state index is 0.0356. The molecule has 0 radical (unpaired) electrons. The summed E-state index contributed by atoms with van der Waals surface area (Å²) in [6, 6.07) is 7.56. The zero-order valence-electron chi connectivity index (χ0n) is 8.68. The van der Waals surface area contributed by atoms with Gasteiger partial charge in [0.15, 0.2) is 0 Å². The van der Waals surface area contributed by atoms with Crippen molar-refractivity contribution in [1.29, 1.82) is 0 Å². The SMILES string of the molecule is C=CCN1C(=O)c2ccnc3cccc1c23. The molecule has 1 amide bonds. The number of carbonyl (C=O) groups is 1. The molecule has 0 N–H and O–H groups in total. The molecule has 1 aromatic heterocycles. The zero-order chi connectivity index (χ0) is 11.1. The van der Waals surface area contributed by atoms with Crippen molar-refractivity contribution in [2.24, 2.45) is 0 Å². The van der Waals surface area contributed by atoms with Gasteiger partial charge in [-0.1, -0.05) is 12.1 Å². The van der Waals surface area contributed by atoms with Crippen LogP contribution in [0.1, 0.15) is 10.4 Å². The molecule has 3 nitrogen and oxygen atoms in total. The standard InChI is InChI=1S/C13H10N2O/c1-2-8-15-11-5-3-4-10-12(11)9(13(15)16)6-7-14-10/h2-7H,1,8H2. The van der Waals surface area contributed by atoms with Crippen molar-refractivity contribution in [1.82, 2.24) is 4.98 Å². The minimum Gasteiger partial charge on any atom is -0.304 e. The average Bonchev–Trinajstić information content (AvgIpc) is 2.58. The van der Waals surface area contributed by atoms with Gasteiger partial charge in [-0.15, -0.1) is 6.58 Å². The van der Waals surface area contributed by atoms with E-state index in [-0.39, 0.29) is 5.91 Å². The van der Waals surface area contributed by atoms with E-state index in [1.165, 1.54) is 0 Å². The van der Waals surface area contributed by atoms with Crippen LogP contribution < -0.4 is 4.90 Å². The highest BCUT2D eigenvalue weighted by Gasteiger charge is 2.28. The van der Waals surface area contributed by atoms with Crippen LogP contribution in [0.2, 0.25) is 0 Å². The Morgan fingerprint density at radius 1 is 1.38 bits per heavy atom. The first kappa shape index (κ1) is 9.09. The van der Waals surface area contributed by atoms with Crippen LogP contribution in [0.25, 0.3) is 10.9 Å². The predicted octanol–water partition coefficient (Wildman–Crippen LogP) is 2.38. The topological polar surface area (TPSA) is 33.2 Å². The van der Waals surface area contributed by atoms with Gasteiger partial charge in [-0.2, -0.15) is 0 Å². The van der Waals surface area contributed by atoms with Crippen LogP contribution in [0.3, 0.4) is 0 Å². The fraction of sp³-hybridized carbons (Fsp3) is 0.0769. The highest BCUT2D eigenvalue weighted by molar-refractivity contribution is 6.24. The Labute approximate surface area is 93.0 Å². The van der Waals surface area contributed by atoms with Crippen molar-refractivity contribution in [2.75, 3.05) is 11.4 Å². The molecule has 16 heavy (non-hydrogen) atoms. The molecule has 0 spiro atoms. The first-order valence-electron chi connectivity index (χ1n) is 5.13. The fourth-order valence-corrected chi connectivity index (χ4v) is 2.16. The van der Waals surface area contributed by atoms with Gasteiger partial charge >= 0.3 is 0 Å². The molecule has 0 unspecified atom stereocenters. The Hall–Kier alpha value is -2.16. The van der Waals surface area contributed by atoms with Crippen LogP contribution >= 0.6 is 0 Å². The van der Waals surface area contributed by atoms with Gasteiger partial charge < -0.3 is 4.90 Å². The van der Waals surface area contributed by atoms with Crippen LogP contribution in [0.4, 0.5) is 5.69 Å². The number of carbonyl (C=O) groups excluding carboxylic acids is 1. The van der Waals surface area contributed by atoms with E-state index in [1.54, 1.807) is 23.2 Å². The fourth-order valence-electron chi connectivity index (χ4n) is 2.16. The number of anilines is 1. The number of pyridine rings is 1. The summed E-state index contributed by atoms with van der Waals surface area (Å²) in [4.78, 5) is 18.1. The Kier molecular flexibility index (Phi) is 1.80. The van der Waals surface area contributed by atoms with Gasteiger partial charge in [0.1, 0.15) is 0 Å². The molecule has 1 aromatic carbocycles. The summed E-state index contributed by atoms with van der Waals surface area (Å²) in [5, 5.41) is 0.955. The summed E-state index contributed by atoms with van der Waals surface area (Å²) < 4.78 is 0. The Balaban J connectivity index is 2.35. The first-order chi connectivity index (χ1) is 7.83. The smallest absolute Gasteiger partial charge is 0.259 e. The van der Waals surface area contributed by atoms with E-state index in [0.29, 0.717) is 6.54 Å². The van der Waals surface area contributed by atoms with Crippen molar-refractivity contribution >= 4 is 22.5 Å². The second-order valence-electron chi connectivity index (χ2n) is 3.73. The number of nitrogens with zero attached hydrogens (tertiary/aromatic N) is 2. The summed E-state index contributed by atoms with van der Waals surface area (Å²) in [6.45, 7) is 4.21. The number of aromatic nitrogens is 1. The van der Waals surface area contributed by atoms with Crippen molar-refractivity contribution in [3.05, 3.63) is 48.7 Å². The third-order valence-corrected chi connectivity index (χ3v) is 2.82. The molecule has 0 bridgehead atoms. The summed E-state index contributed by atoms with van der Waals surface area (Å²) in [7, 11) is 0. The van der Waals surface area contributed by atoms with E-state index in [1.807, 2.05) is 18.2 Å². The van der Waals surface area contributed by atoms with Crippen molar-refractivity contribution in [3.8, 4) is 0 Å². The molecule has 0 saturated carbocycles. The van der Waals surface area contributed by atoms with E-state index in [4.69, 9.17) is 0 Å². The summed E-state index contributed by atoms with van der Waals surface area (Å²) >= 11 is 0. The maximum Gasteiger partial charge on any atom is 0.259 e. The molecule has 78 valence electrons. The third kappa shape index (κ3) is 1.03. The second-order valence-corrected chi connectivity index (χ2v) is 3.73. The van der Waals surface area contributed by atoms with Crippen LogP contribution in [-0.4, -0.2) is 17.4 Å². The van der Waals surface area contributed by atoms with Crippen LogP contribution in [0, 0.1) is 0 Å². The van der Waals surface area contributed by atoms with Crippen molar-refractivity contribution in [2.45, 2.75) is 0 Å². The normalized spacial score (nSPS) is 13.5. The second kappa shape index (κ2) is 3.17.